The normalized spacial score (nSPS) is 25.0. The number of hydrogen-bond donors (Lipinski definition) is 1. The molecule has 7 heteroatoms. The molecule has 3 atom stereocenters. The van der Waals surface area contributed by atoms with Gasteiger partial charge in [-0.3, -0.25) is 19.7 Å². The number of carbonyl (C=O) groups is 2. The van der Waals surface area contributed by atoms with E-state index in [1.807, 2.05) is 24.3 Å². The highest BCUT2D eigenvalue weighted by atomic mass is 35.5. The van der Waals surface area contributed by atoms with Crippen LogP contribution < -0.4 is 15.1 Å². The fourth-order valence-corrected chi connectivity index (χ4v) is 3.41. The van der Waals surface area contributed by atoms with Gasteiger partial charge in [0.2, 0.25) is 5.91 Å². The third kappa shape index (κ3) is 2.63. The summed E-state index contributed by atoms with van der Waals surface area (Å²) in [5.74, 6) is -0.641. The van der Waals surface area contributed by atoms with Gasteiger partial charge in [-0.25, -0.2) is 5.06 Å². The molecule has 2 aliphatic rings. The van der Waals surface area contributed by atoms with Crippen molar-refractivity contribution in [3.63, 3.8) is 0 Å². The zero-order valence-electron chi connectivity index (χ0n) is 13.3. The first-order chi connectivity index (χ1) is 12.1. The number of ether oxygens (including phenoxy) is 1. The molecule has 1 N–H and O–H groups in total. The third-order valence-corrected chi connectivity index (χ3v) is 4.74. The molecule has 2 heterocycles. The van der Waals surface area contributed by atoms with Gasteiger partial charge in [0.25, 0.3) is 5.91 Å². The van der Waals surface area contributed by atoms with Gasteiger partial charge >= 0.3 is 0 Å². The third-order valence-electron chi connectivity index (χ3n) is 4.49. The number of methoxy groups -OCH3 is 1. The second kappa shape index (κ2) is 6.06. The molecular weight excluding hydrogens is 344 g/mol. The van der Waals surface area contributed by atoms with Crippen LogP contribution in [0.2, 0.25) is 5.02 Å². The number of imide groups is 1. The molecule has 25 heavy (non-hydrogen) atoms. The topological polar surface area (TPSA) is 67.9 Å². The maximum Gasteiger partial charge on any atom is 0.259 e. The van der Waals surface area contributed by atoms with Crippen molar-refractivity contribution in [2.45, 2.75) is 12.1 Å². The number of rotatable bonds is 3. The minimum atomic E-state index is -0.838. The van der Waals surface area contributed by atoms with Gasteiger partial charge in [0.05, 0.1) is 18.8 Å². The summed E-state index contributed by atoms with van der Waals surface area (Å²) < 4.78 is 5.19. The molecule has 0 unspecified atom stereocenters. The summed E-state index contributed by atoms with van der Waals surface area (Å²) in [6.07, 6.45) is -0.838. The van der Waals surface area contributed by atoms with Crippen LogP contribution in [0.1, 0.15) is 11.6 Å². The lowest BCUT2D eigenvalue weighted by Gasteiger charge is -2.27. The minimum Gasteiger partial charge on any atom is -0.497 e. The summed E-state index contributed by atoms with van der Waals surface area (Å²) in [4.78, 5) is 30.2. The Bertz CT molecular complexity index is 822. The predicted molar refractivity (Wildman–Crippen MR) is 91.2 cm³/mol. The van der Waals surface area contributed by atoms with Crippen LogP contribution in [0.25, 0.3) is 0 Å². The Kier molecular flexibility index (Phi) is 3.86. The van der Waals surface area contributed by atoms with E-state index in [2.05, 4.69) is 5.32 Å². The lowest BCUT2D eigenvalue weighted by Crippen LogP contribution is -2.33. The Morgan fingerprint density at radius 1 is 1.04 bits per heavy atom. The average Bonchev–Trinajstić information content (AvgIpc) is 3.14. The number of benzene rings is 2. The number of nitrogens with one attached hydrogen (secondary N) is 1. The predicted octanol–water partition coefficient (Wildman–Crippen LogP) is 2.48. The Hall–Kier alpha value is -2.57. The molecule has 0 radical (unpaired) electrons. The van der Waals surface area contributed by atoms with Crippen LogP contribution >= 0.6 is 11.6 Å². The molecule has 2 aliphatic heterocycles. The van der Waals surface area contributed by atoms with Crippen LogP contribution in [0.5, 0.6) is 5.75 Å². The van der Waals surface area contributed by atoms with Gasteiger partial charge in [-0.15, -0.1) is 0 Å². The van der Waals surface area contributed by atoms with Gasteiger partial charge in [-0.2, -0.15) is 0 Å². The van der Waals surface area contributed by atoms with E-state index in [1.165, 1.54) is 0 Å². The standard InChI is InChI=1S/C18H15ClN2O4/c1-24-13-8-2-10(3-9-13)15-14-16(18(23)20-17(14)22)25-21(15)12-6-4-11(19)5-7-12/h2-9,14-16H,1H3,(H,20,22,23)/t14-,15-,16+/m1/s1. The molecule has 4 rings (SSSR count). The van der Waals surface area contributed by atoms with E-state index in [9.17, 15) is 9.59 Å². The maximum atomic E-state index is 12.3. The van der Waals surface area contributed by atoms with Crippen LogP contribution in [0.15, 0.2) is 48.5 Å². The van der Waals surface area contributed by atoms with E-state index < -0.39 is 24.0 Å². The largest absolute Gasteiger partial charge is 0.497 e. The van der Waals surface area contributed by atoms with Crippen molar-refractivity contribution < 1.29 is 19.2 Å². The number of hydroxylamine groups is 1. The zero-order chi connectivity index (χ0) is 17.6. The van der Waals surface area contributed by atoms with Crippen molar-refractivity contribution in [2.75, 3.05) is 12.2 Å². The minimum absolute atomic E-state index is 0.327. The molecule has 0 aliphatic carbocycles. The van der Waals surface area contributed by atoms with E-state index in [-0.39, 0.29) is 5.91 Å². The highest BCUT2D eigenvalue weighted by Crippen LogP contribution is 2.44. The second-order valence-electron chi connectivity index (χ2n) is 5.93. The molecule has 2 aromatic carbocycles. The van der Waals surface area contributed by atoms with Crippen LogP contribution in [-0.2, 0) is 14.4 Å². The lowest BCUT2D eigenvalue weighted by molar-refractivity contribution is -0.129. The van der Waals surface area contributed by atoms with Gasteiger partial charge in [0.1, 0.15) is 11.7 Å². The fraction of sp³-hybridized carbons (Fsp3) is 0.222. The monoisotopic (exact) mass is 358 g/mol. The molecule has 2 saturated heterocycles. The van der Waals surface area contributed by atoms with E-state index >= 15 is 0 Å². The van der Waals surface area contributed by atoms with E-state index in [0.29, 0.717) is 10.8 Å². The van der Waals surface area contributed by atoms with Crippen molar-refractivity contribution >= 4 is 29.1 Å². The highest BCUT2D eigenvalue weighted by molar-refractivity contribution is 6.30. The average molecular weight is 359 g/mol. The van der Waals surface area contributed by atoms with E-state index in [4.69, 9.17) is 21.2 Å². The van der Waals surface area contributed by atoms with Crippen LogP contribution in [0.4, 0.5) is 5.69 Å². The summed E-state index contributed by atoms with van der Waals surface area (Å²) in [5, 5.41) is 4.56. The molecule has 6 nitrogen and oxygen atoms in total. The van der Waals surface area contributed by atoms with E-state index in [1.54, 1.807) is 36.4 Å². The summed E-state index contributed by atoms with van der Waals surface area (Å²) >= 11 is 5.96. The number of carbonyl (C=O) groups excluding carboxylic acids is 2. The van der Waals surface area contributed by atoms with Crippen LogP contribution in [0.3, 0.4) is 0 Å². The number of halogens is 1. The Morgan fingerprint density at radius 3 is 2.36 bits per heavy atom. The van der Waals surface area contributed by atoms with E-state index in [0.717, 1.165) is 11.3 Å². The van der Waals surface area contributed by atoms with Gasteiger partial charge in [-0.1, -0.05) is 23.7 Å². The van der Waals surface area contributed by atoms with Gasteiger partial charge in [0, 0.05) is 5.02 Å². The van der Waals surface area contributed by atoms with Crippen molar-refractivity contribution in [3.8, 4) is 5.75 Å². The van der Waals surface area contributed by atoms with Gasteiger partial charge in [0.15, 0.2) is 6.10 Å². The zero-order valence-corrected chi connectivity index (χ0v) is 14.1. The Morgan fingerprint density at radius 2 is 1.72 bits per heavy atom. The molecular formula is C18H15ClN2O4. The number of fused-ring (bicyclic) bond motifs is 1. The SMILES string of the molecule is COc1ccc([C@@H]2[C@H]3C(=O)NC(=O)[C@H]3ON2c2ccc(Cl)cc2)cc1. The van der Waals surface area contributed by atoms with Crippen LogP contribution in [0, 0.1) is 5.92 Å². The molecule has 2 fully saturated rings. The number of nitrogens with zero attached hydrogens (tertiary/aromatic N) is 1. The molecule has 2 aromatic rings. The Labute approximate surface area is 149 Å². The van der Waals surface area contributed by atoms with Crippen molar-refractivity contribution in [1.82, 2.24) is 5.32 Å². The smallest absolute Gasteiger partial charge is 0.259 e. The molecule has 0 bridgehead atoms. The number of anilines is 1. The molecule has 0 saturated carbocycles. The summed E-state index contributed by atoms with van der Waals surface area (Å²) in [6.45, 7) is 0. The quantitative estimate of drug-likeness (QED) is 0.854. The summed E-state index contributed by atoms with van der Waals surface area (Å²) in [6, 6.07) is 14.0. The van der Waals surface area contributed by atoms with Crippen molar-refractivity contribution in [2.24, 2.45) is 5.92 Å². The fourth-order valence-electron chi connectivity index (χ4n) is 3.29. The summed E-state index contributed by atoms with van der Waals surface area (Å²) in [7, 11) is 1.59. The molecule has 2 amide bonds. The van der Waals surface area contributed by atoms with Crippen molar-refractivity contribution in [3.05, 3.63) is 59.1 Å². The molecule has 0 aromatic heterocycles. The summed E-state index contributed by atoms with van der Waals surface area (Å²) in [5.41, 5.74) is 1.58. The molecule has 128 valence electrons. The second-order valence-corrected chi connectivity index (χ2v) is 6.36. The van der Waals surface area contributed by atoms with Gasteiger partial charge < -0.3 is 4.74 Å². The highest BCUT2D eigenvalue weighted by Gasteiger charge is 2.56. The lowest BCUT2D eigenvalue weighted by atomic mass is 9.90. The number of hydrogen-bond acceptors (Lipinski definition) is 5. The first kappa shape index (κ1) is 15.9. The Balaban J connectivity index is 1.77. The van der Waals surface area contributed by atoms with Crippen LogP contribution in [-0.4, -0.2) is 25.0 Å². The first-order valence-electron chi connectivity index (χ1n) is 7.79. The molecule has 0 spiro atoms. The number of amides is 2. The maximum absolute atomic E-state index is 12.3. The van der Waals surface area contributed by atoms with Gasteiger partial charge in [-0.05, 0) is 42.0 Å². The first-order valence-corrected chi connectivity index (χ1v) is 8.16. The van der Waals surface area contributed by atoms with Crippen molar-refractivity contribution in [1.29, 1.82) is 0 Å².